The van der Waals surface area contributed by atoms with Crippen LogP contribution in [0.5, 0.6) is 5.75 Å². The predicted molar refractivity (Wildman–Crippen MR) is 114 cm³/mol. The van der Waals surface area contributed by atoms with Crippen molar-refractivity contribution in [2.75, 3.05) is 26.0 Å². The standard InChI is InChI=1S/C18H22F3N5O.HI/c1-22-17(24-11-13-8-9-23-16(10-13)26(2)3)25-12-14-6-4-5-7-15(14)27-18(19,20)21;/h4-10H,11-12H2,1-3H3,(H2,22,24,25);1H. The van der Waals surface area contributed by atoms with E-state index in [9.17, 15) is 13.2 Å². The molecule has 0 saturated heterocycles. The van der Waals surface area contributed by atoms with Gasteiger partial charge in [-0.25, -0.2) is 4.98 Å². The van der Waals surface area contributed by atoms with Crippen LogP contribution < -0.4 is 20.3 Å². The number of benzene rings is 1. The molecule has 0 fully saturated rings. The maximum Gasteiger partial charge on any atom is 0.573 e. The molecular formula is C18H23F3IN5O. The Morgan fingerprint density at radius 3 is 2.46 bits per heavy atom. The molecule has 1 heterocycles. The van der Waals surface area contributed by atoms with Gasteiger partial charge < -0.3 is 20.3 Å². The molecule has 0 aliphatic heterocycles. The molecule has 1 aromatic heterocycles. The van der Waals surface area contributed by atoms with Gasteiger partial charge in [0.1, 0.15) is 11.6 Å². The Morgan fingerprint density at radius 2 is 1.82 bits per heavy atom. The van der Waals surface area contributed by atoms with Crippen LogP contribution >= 0.6 is 24.0 Å². The van der Waals surface area contributed by atoms with Gasteiger partial charge in [-0.15, -0.1) is 37.1 Å². The summed E-state index contributed by atoms with van der Waals surface area (Å²) in [6, 6.07) is 9.79. The molecule has 0 aliphatic rings. The third-order valence-corrected chi connectivity index (χ3v) is 3.60. The summed E-state index contributed by atoms with van der Waals surface area (Å²) in [5.74, 6) is 1.05. The highest BCUT2D eigenvalue weighted by atomic mass is 127. The van der Waals surface area contributed by atoms with Gasteiger partial charge in [0.25, 0.3) is 0 Å². The van der Waals surface area contributed by atoms with Gasteiger partial charge in [0.2, 0.25) is 0 Å². The van der Waals surface area contributed by atoms with E-state index in [0.717, 1.165) is 11.4 Å². The maximum atomic E-state index is 12.5. The van der Waals surface area contributed by atoms with Crippen LogP contribution in [0.3, 0.4) is 0 Å². The van der Waals surface area contributed by atoms with Gasteiger partial charge in [-0.1, -0.05) is 18.2 Å². The van der Waals surface area contributed by atoms with Crippen LogP contribution in [0.2, 0.25) is 0 Å². The summed E-state index contributed by atoms with van der Waals surface area (Å²) < 4.78 is 41.5. The van der Waals surface area contributed by atoms with E-state index in [0.29, 0.717) is 18.1 Å². The Morgan fingerprint density at radius 1 is 1.14 bits per heavy atom. The van der Waals surface area contributed by atoms with Gasteiger partial charge in [0.05, 0.1) is 0 Å². The monoisotopic (exact) mass is 509 g/mol. The van der Waals surface area contributed by atoms with Crippen molar-refractivity contribution in [3.05, 3.63) is 53.7 Å². The summed E-state index contributed by atoms with van der Waals surface area (Å²) in [5.41, 5.74) is 1.37. The lowest BCUT2D eigenvalue weighted by molar-refractivity contribution is -0.274. The number of alkyl halides is 3. The van der Waals surface area contributed by atoms with Crippen LogP contribution in [0.15, 0.2) is 47.6 Å². The number of rotatable bonds is 6. The number of anilines is 1. The number of nitrogens with one attached hydrogen (secondary N) is 2. The molecule has 0 spiro atoms. The molecular weight excluding hydrogens is 486 g/mol. The number of nitrogens with zero attached hydrogens (tertiary/aromatic N) is 3. The minimum absolute atomic E-state index is 0. The lowest BCUT2D eigenvalue weighted by Crippen LogP contribution is -2.36. The van der Waals surface area contributed by atoms with Crippen molar-refractivity contribution >= 4 is 35.8 Å². The van der Waals surface area contributed by atoms with E-state index in [1.165, 1.54) is 12.1 Å². The molecule has 2 N–H and O–H groups in total. The molecule has 28 heavy (non-hydrogen) atoms. The van der Waals surface area contributed by atoms with E-state index in [1.54, 1.807) is 25.4 Å². The van der Waals surface area contributed by atoms with Gasteiger partial charge >= 0.3 is 6.36 Å². The second-order valence-electron chi connectivity index (χ2n) is 5.85. The summed E-state index contributed by atoms with van der Waals surface area (Å²) >= 11 is 0. The fourth-order valence-electron chi connectivity index (χ4n) is 2.27. The smallest absolute Gasteiger partial charge is 0.405 e. The number of aromatic nitrogens is 1. The Balaban J connectivity index is 0.00000392. The highest BCUT2D eigenvalue weighted by molar-refractivity contribution is 14.0. The Labute approximate surface area is 179 Å². The molecule has 0 atom stereocenters. The predicted octanol–water partition coefficient (Wildman–Crippen LogP) is 3.53. The van der Waals surface area contributed by atoms with Crippen LogP contribution in [0.1, 0.15) is 11.1 Å². The van der Waals surface area contributed by atoms with Gasteiger partial charge in [0, 0.05) is 46.0 Å². The molecule has 1 aromatic carbocycles. The van der Waals surface area contributed by atoms with E-state index >= 15 is 0 Å². The number of para-hydroxylation sites is 1. The van der Waals surface area contributed by atoms with Crippen molar-refractivity contribution < 1.29 is 17.9 Å². The lowest BCUT2D eigenvalue weighted by atomic mass is 10.2. The number of guanidine groups is 1. The van der Waals surface area contributed by atoms with E-state index in [4.69, 9.17) is 0 Å². The first-order valence-corrected chi connectivity index (χ1v) is 8.19. The normalized spacial score (nSPS) is 11.4. The van der Waals surface area contributed by atoms with Crippen molar-refractivity contribution in [1.29, 1.82) is 0 Å². The minimum Gasteiger partial charge on any atom is -0.405 e. The first-order chi connectivity index (χ1) is 12.8. The molecule has 0 amide bonds. The van der Waals surface area contributed by atoms with Crippen LogP contribution in [0, 0.1) is 0 Å². The summed E-state index contributed by atoms with van der Waals surface area (Å²) in [5, 5.41) is 6.10. The number of halogens is 4. The van der Waals surface area contributed by atoms with Crippen molar-refractivity contribution in [2.24, 2.45) is 4.99 Å². The molecule has 0 saturated carbocycles. The molecule has 0 unspecified atom stereocenters. The van der Waals surface area contributed by atoms with E-state index < -0.39 is 6.36 Å². The van der Waals surface area contributed by atoms with Crippen molar-refractivity contribution in [3.8, 4) is 5.75 Å². The number of hydrogen-bond donors (Lipinski definition) is 2. The Kier molecular flexibility index (Phi) is 9.29. The zero-order valence-electron chi connectivity index (χ0n) is 15.7. The average molecular weight is 509 g/mol. The van der Waals surface area contributed by atoms with E-state index in [2.05, 4.69) is 25.3 Å². The molecule has 2 rings (SSSR count). The zero-order chi connectivity index (χ0) is 19.9. The zero-order valence-corrected chi connectivity index (χ0v) is 18.1. The molecule has 6 nitrogen and oxygen atoms in total. The van der Waals surface area contributed by atoms with Crippen LogP contribution in [0.25, 0.3) is 0 Å². The summed E-state index contributed by atoms with van der Waals surface area (Å²) in [6.45, 7) is 0.620. The van der Waals surface area contributed by atoms with E-state index in [-0.39, 0.29) is 36.3 Å². The number of aliphatic imine (C=N–C) groups is 1. The number of ether oxygens (including phenoxy) is 1. The summed E-state index contributed by atoms with van der Waals surface area (Å²) in [7, 11) is 5.40. The second kappa shape index (κ2) is 10.9. The Hall–Kier alpha value is -2.24. The van der Waals surface area contributed by atoms with E-state index in [1.807, 2.05) is 31.1 Å². The van der Waals surface area contributed by atoms with Crippen molar-refractivity contribution in [3.63, 3.8) is 0 Å². The molecule has 0 radical (unpaired) electrons. The number of hydrogen-bond acceptors (Lipinski definition) is 4. The Bertz CT molecular complexity index is 784. The minimum atomic E-state index is -4.73. The first kappa shape index (κ1) is 23.8. The molecule has 0 bridgehead atoms. The molecule has 2 aromatic rings. The van der Waals surface area contributed by atoms with Crippen molar-refractivity contribution in [1.82, 2.24) is 15.6 Å². The molecule has 10 heteroatoms. The van der Waals surface area contributed by atoms with Crippen LogP contribution in [-0.2, 0) is 13.1 Å². The average Bonchev–Trinajstić information content (AvgIpc) is 2.62. The fourth-order valence-corrected chi connectivity index (χ4v) is 2.27. The van der Waals surface area contributed by atoms with Crippen LogP contribution in [0.4, 0.5) is 19.0 Å². The second-order valence-corrected chi connectivity index (χ2v) is 5.85. The third kappa shape index (κ3) is 7.79. The fraction of sp³-hybridized carbons (Fsp3) is 0.333. The highest BCUT2D eigenvalue weighted by Gasteiger charge is 2.31. The molecule has 0 aliphatic carbocycles. The van der Waals surface area contributed by atoms with Crippen molar-refractivity contribution in [2.45, 2.75) is 19.5 Å². The maximum absolute atomic E-state index is 12.5. The lowest BCUT2D eigenvalue weighted by Gasteiger charge is -2.16. The molecule has 154 valence electrons. The topological polar surface area (TPSA) is 61.8 Å². The number of pyridine rings is 1. The highest BCUT2D eigenvalue weighted by Crippen LogP contribution is 2.26. The van der Waals surface area contributed by atoms with Gasteiger partial charge in [-0.2, -0.15) is 0 Å². The SMILES string of the molecule is CN=C(NCc1ccnc(N(C)C)c1)NCc1ccccc1OC(F)(F)F.I. The van der Waals surface area contributed by atoms with Crippen LogP contribution in [-0.4, -0.2) is 38.4 Å². The third-order valence-electron chi connectivity index (χ3n) is 3.60. The first-order valence-electron chi connectivity index (χ1n) is 8.19. The van der Waals surface area contributed by atoms with Gasteiger partial charge in [0.15, 0.2) is 5.96 Å². The summed E-state index contributed by atoms with van der Waals surface area (Å²) in [4.78, 5) is 10.2. The largest absolute Gasteiger partial charge is 0.573 e. The quantitative estimate of drug-likeness (QED) is 0.355. The summed E-state index contributed by atoms with van der Waals surface area (Å²) in [6.07, 6.45) is -3.02. The van der Waals surface area contributed by atoms with Gasteiger partial charge in [-0.3, -0.25) is 4.99 Å². The van der Waals surface area contributed by atoms with Gasteiger partial charge in [-0.05, 0) is 23.8 Å².